The molecule has 116 valence electrons. The van der Waals surface area contributed by atoms with Gasteiger partial charge in [-0.15, -0.1) is 0 Å². The van der Waals surface area contributed by atoms with Crippen LogP contribution in [0.4, 0.5) is 0 Å². The molecule has 2 rings (SSSR count). The van der Waals surface area contributed by atoms with Crippen LogP contribution in [0.1, 0.15) is 19.4 Å². The number of hydrogen-bond donors (Lipinski definition) is 0. The van der Waals surface area contributed by atoms with E-state index >= 15 is 0 Å². The first kappa shape index (κ1) is 17.0. The van der Waals surface area contributed by atoms with Crippen molar-refractivity contribution in [3.63, 3.8) is 0 Å². The van der Waals surface area contributed by atoms with Crippen molar-refractivity contribution in [3.8, 4) is 0 Å². The molecular formula is C15H14ClNO3S2. The van der Waals surface area contributed by atoms with Gasteiger partial charge in [0, 0.05) is 5.02 Å². The highest BCUT2D eigenvalue weighted by Crippen LogP contribution is 2.35. The fourth-order valence-corrected chi connectivity index (χ4v) is 3.52. The number of carbonyl (C=O) groups excluding carboxylic acids is 2. The maximum Gasteiger partial charge on any atom is 0.329 e. The van der Waals surface area contributed by atoms with Crippen molar-refractivity contribution in [1.29, 1.82) is 0 Å². The zero-order chi connectivity index (χ0) is 16.3. The Morgan fingerprint density at radius 3 is 2.82 bits per heavy atom. The fraction of sp³-hybridized carbons (Fsp3) is 0.267. The Morgan fingerprint density at radius 2 is 2.18 bits per heavy atom. The van der Waals surface area contributed by atoms with Crippen LogP contribution >= 0.6 is 35.6 Å². The normalized spacial score (nSPS) is 18.0. The average Bonchev–Trinajstić information content (AvgIpc) is 2.75. The van der Waals surface area contributed by atoms with Gasteiger partial charge >= 0.3 is 5.97 Å². The Hall–Kier alpha value is -1.37. The highest BCUT2D eigenvalue weighted by Gasteiger charge is 2.38. The van der Waals surface area contributed by atoms with Gasteiger partial charge in [-0.25, -0.2) is 4.79 Å². The van der Waals surface area contributed by atoms with Crippen molar-refractivity contribution in [2.45, 2.75) is 19.9 Å². The number of rotatable bonds is 4. The summed E-state index contributed by atoms with van der Waals surface area (Å²) in [6, 6.07) is 6.46. The predicted molar refractivity (Wildman–Crippen MR) is 92.6 cm³/mol. The zero-order valence-electron chi connectivity index (χ0n) is 12.0. The fourth-order valence-electron chi connectivity index (χ4n) is 1.92. The molecule has 1 aromatic carbocycles. The molecule has 1 heterocycles. The summed E-state index contributed by atoms with van der Waals surface area (Å²) in [5.41, 5.74) is 0.730. The number of carbonyl (C=O) groups is 2. The molecule has 7 heteroatoms. The summed E-state index contributed by atoms with van der Waals surface area (Å²) in [5.74, 6) is -0.784. The van der Waals surface area contributed by atoms with Crippen molar-refractivity contribution < 1.29 is 14.3 Å². The maximum atomic E-state index is 12.5. The smallest absolute Gasteiger partial charge is 0.329 e. The standard InChI is InChI=1S/C15H14ClNO3S2/c1-3-20-14(19)9(2)17-13(18)12(22-15(17)21)8-10-6-4-5-7-11(10)16/h4-9H,3H2,1-2H3/b12-8-. The van der Waals surface area contributed by atoms with Gasteiger partial charge in [0.2, 0.25) is 0 Å². The monoisotopic (exact) mass is 355 g/mol. The summed E-state index contributed by atoms with van der Waals surface area (Å²) in [5, 5.41) is 0.547. The molecule has 1 unspecified atom stereocenters. The quantitative estimate of drug-likeness (QED) is 0.470. The summed E-state index contributed by atoms with van der Waals surface area (Å²) < 4.78 is 5.28. The third-order valence-corrected chi connectivity index (χ3v) is 4.70. The lowest BCUT2D eigenvalue weighted by Gasteiger charge is -2.21. The second-order valence-electron chi connectivity index (χ2n) is 4.50. The molecule has 1 atom stereocenters. The molecule has 1 aromatic rings. The molecule has 22 heavy (non-hydrogen) atoms. The Kier molecular flexibility index (Phi) is 5.61. The number of nitrogens with zero attached hydrogens (tertiary/aromatic N) is 1. The van der Waals surface area contributed by atoms with Crippen molar-refractivity contribution in [2.24, 2.45) is 0 Å². The molecule has 4 nitrogen and oxygen atoms in total. The lowest BCUT2D eigenvalue weighted by molar-refractivity contribution is -0.149. The van der Waals surface area contributed by atoms with Crippen LogP contribution in [-0.2, 0) is 14.3 Å². The van der Waals surface area contributed by atoms with Crippen LogP contribution in [0.25, 0.3) is 6.08 Å². The van der Waals surface area contributed by atoms with Gasteiger partial charge in [0.05, 0.1) is 11.5 Å². The topological polar surface area (TPSA) is 46.6 Å². The van der Waals surface area contributed by atoms with Gasteiger partial charge in [0.15, 0.2) is 0 Å². The summed E-state index contributed by atoms with van der Waals surface area (Å²) in [7, 11) is 0. The lowest BCUT2D eigenvalue weighted by Crippen LogP contribution is -2.42. The largest absolute Gasteiger partial charge is 0.464 e. The minimum atomic E-state index is -0.746. The molecule has 0 bridgehead atoms. The van der Waals surface area contributed by atoms with Crippen molar-refractivity contribution in [2.75, 3.05) is 6.61 Å². The van der Waals surface area contributed by atoms with Crippen molar-refractivity contribution >= 4 is 57.9 Å². The number of hydrogen-bond acceptors (Lipinski definition) is 5. The van der Waals surface area contributed by atoms with Gasteiger partial charge < -0.3 is 4.74 Å². The van der Waals surface area contributed by atoms with Crippen LogP contribution in [0.15, 0.2) is 29.2 Å². The van der Waals surface area contributed by atoms with E-state index < -0.39 is 12.0 Å². The Morgan fingerprint density at radius 1 is 1.50 bits per heavy atom. The van der Waals surface area contributed by atoms with Crippen molar-refractivity contribution in [1.82, 2.24) is 4.90 Å². The zero-order valence-corrected chi connectivity index (χ0v) is 14.4. The van der Waals surface area contributed by atoms with Crippen LogP contribution in [0.2, 0.25) is 5.02 Å². The minimum absolute atomic E-state index is 0.257. The third kappa shape index (κ3) is 3.51. The SMILES string of the molecule is CCOC(=O)C(C)N1C(=O)/C(=C/c2ccccc2Cl)SC1=S. The molecule has 0 spiro atoms. The van der Waals surface area contributed by atoms with Crippen LogP contribution in [0.3, 0.4) is 0 Å². The number of esters is 1. The first-order valence-corrected chi connectivity index (χ1v) is 8.24. The van der Waals surface area contributed by atoms with E-state index in [1.54, 1.807) is 26.0 Å². The minimum Gasteiger partial charge on any atom is -0.464 e. The first-order valence-electron chi connectivity index (χ1n) is 6.64. The molecule has 0 aromatic heterocycles. The van der Waals surface area contributed by atoms with Crippen molar-refractivity contribution in [3.05, 3.63) is 39.8 Å². The molecule has 0 radical (unpaired) electrons. The second kappa shape index (κ2) is 7.26. The molecule has 0 saturated carbocycles. The summed E-state index contributed by atoms with van der Waals surface area (Å²) >= 11 is 12.5. The van der Waals surface area contributed by atoms with E-state index in [-0.39, 0.29) is 12.5 Å². The molecule has 1 aliphatic heterocycles. The van der Waals surface area contributed by atoms with Gasteiger partial charge in [-0.2, -0.15) is 0 Å². The van der Waals surface area contributed by atoms with E-state index in [1.165, 1.54) is 4.90 Å². The first-order chi connectivity index (χ1) is 10.5. The van der Waals surface area contributed by atoms with Gasteiger partial charge in [-0.3, -0.25) is 9.69 Å². The highest BCUT2D eigenvalue weighted by atomic mass is 35.5. The summed E-state index contributed by atoms with van der Waals surface area (Å²) in [6.45, 7) is 3.57. The van der Waals surface area contributed by atoms with E-state index in [0.29, 0.717) is 14.2 Å². The molecule has 1 aliphatic rings. The summed E-state index contributed by atoms with van der Waals surface area (Å²) in [6.07, 6.45) is 1.68. The molecule has 1 saturated heterocycles. The van der Waals surface area contributed by atoms with Gasteiger partial charge in [-0.05, 0) is 31.6 Å². The van der Waals surface area contributed by atoms with Crippen LogP contribution in [0.5, 0.6) is 0 Å². The van der Waals surface area contributed by atoms with Crippen LogP contribution in [-0.4, -0.2) is 33.7 Å². The van der Waals surface area contributed by atoms with Gasteiger partial charge in [0.1, 0.15) is 10.4 Å². The van der Waals surface area contributed by atoms with E-state index in [1.807, 2.05) is 18.2 Å². The van der Waals surface area contributed by atoms with E-state index in [0.717, 1.165) is 17.3 Å². The Bertz CT molecular complexity index is 660. The van der Waals surface area contributed by atoms with E-state index in [4.69, 9.17) is 28.6 Å². The molecule has 1 amide bonds. The molecule has 0 N–H and O–H groups in total. The van der Waals surface area contributed by atoms with Crippen LogP contribution < -0.4 is 0 Å². The Balaban J connectivity index is 2.26. The Labute approximate surface area is 143 Å². The number of amides is 1. The third-order valence-electron chi connectivity index (χ3n) is 3.03. The van der Waals surface area contributed by atoms with Crippen LogP contribution in [0, 0.1) is 0 Å². The maximum absolute atomic E-state index is 12.5. The average molecular weight is 356 g/mol. The van der Waals surface area contributed by atoms with Gasteiger partial charge in [0.25, 0.3) is 5.91 Å². The van der Waals surface area contributed by atoms with E-state index in [9.17, 15) is 9.59 Å². The lowest BCUT2D eigenvalue weighted by atomic mass is 10.2. The number of thiocarbonyl (C=S) groups is 1. The molecular weight excluding hydrogens is 342 g/mol. The predicted octanol–water partition coefficient (Wildman–Crippen LogP) is 3.49. The van der Waals surface area contributed by atoms with Gasteiger partial charge in [-0.1, -0.05) is 53.8 Å². The second-order valence-corrected chi connectivity index (χ2v) is 6.58. The number of thioether (sulfide) groups is 1. The number of ether oxygens (including phenoxy) is 1. The number of halogens is 1. The molecule has 1 fully saturated rings. The molecule has 0 aliphatic carbocycles. The summed E-state index contributed by atoms with van der Waals surface area (Å²) in [4.78, 5) is 26.0. The van der Waals surface area contributed by atoms with E-state index in [2.05, 4.69) is 0 Å². The highest BCUT2D eigenvalue weighted by molar-refractivity contribution is 8.26. The number of benzene rings is 1.